The summed E-state index contributed by atoms with van der Waals surface area (Å²) in [5, 5.41) is 1.02. The Labute approximate surface area is 157 Å². The predicted octanol–water partition coefficient (Wildman–Crippen LogP) is 2.50. The van der Waals surface area contributed by atoms with Crippen molar-refractivity contribution < 1.29 is 24.0 Å². The number of hydrogen-bond donors (Lipinski definition) is 0. The number of amides is 1. The lowest BCUT2D eigenvalue weighted by atomic mass is 9.64. The van der Waals surface area contributed by atoms with Gasteiger partial charge in [0.2, 0.25) is 0 Å². The Bertz CT molecular complexity index is 789. The lowest BCUT2D eigenvalue weighted by molar-refractivity contribution is -0.190. The van der Waals surface area contributed by atoms with Crippen LogP contribution in [0.25, 0.3) is 0 Å². The molecule has 2 saturated carbocycles. The van der Waals surface area contributed by atoms with Crippen molar-refractivity contribution in [3.63, 3.8) is 0 Å². The van der Waals surface area contributed by atoms with E-state index in [2.05, 4.69) is 0 Å². The van der Waals surface area contributed by atoms with E-state index in [4.69, 9.17) is 4.84 Å². The summed E-state index contributed by atoms with van der Waals surface area (Å²) in [6.07, 6.45) is 4.44. The molecule has 2 aliphatic carbocycles. The molecule has 1 aromatic carbocycles. The highest BCUT2D eigenvalue weighted by atomic mass is 16.7. The molecule has 3 unspecified atom stereocenters. The molecule has 3 atom stereocenters. The van der Waals surface area contributed by atoms with Gasteiger partial charge in [-0.15, -0.1) is 0 Å². The molecule has 0 bridgehead atoms. The van der Waals surface area contributed by atoms with Crippen molar-refractivity contribution in [2.75, 3.05) is 0 Å². The molecule has 0 aromatic heterocycles. The van der Waals surface area contributed by atoms with Gasteiger partial charge in [0.1, 0.15) is 11.8 Å². The number of rotatable bonds is 3. The average molecular weight is 369 g/mol. The third kappa shape index (κ3) is 2.78. The molecule has 6 heteroatoms. The van der Waals surface area contributed by atoms with Crippen LogP contribution in [0.2, 0.25) is 0 Å². The van der Waals surface area contributed by atoms with Gasteiger partial charge in [0, 0.05) is 19.3 Å². The minimum Gasteiger partial charge on any atom is -0.336 e. The van der Waals surface area contributed by atoms with Crippen LogP contribution in [0.4, 0.5) is 0 Å². The Balaban J connectivity index is 1.78. The molecular weight excluding hydrogens is 346 g/mol. The van der Waals surface area contributed by atoms with Crippen LogP contribution in [0.5, 0.6) is 0 Å². The summed E-state index contributed by atoms with van der Waals surface area (Å²) in [5.41, 5.74) is -0.986. The Morgan fingerprint density at radius 1 is 0.926 bits per heavy atom. The minimum absolute atomic E-state index is 0.0639. The van der Waals surface area contributed by atoms with Gasteiger partial charge < -0.3 is 4.84 Å². The first-order chi connectivity index (χ1) is 13.0. The maximum absolute atomic E-state index is 13.6. The van der Waals surface area contributed by atoms with E-state index in [1.807, 2.05) is 6.07 Å². The van der Waals surface area contributed by atoms with Crippen molar-refractivity contribution in [3.8, 4) is 0 Å². The fourth-order valence-electron chi connectivity index (χ4n) is 4.80. The highest BCUT2D eigenvalue weighted by molar-refractivity contribution is 6.13. The number of Topliss-reactive ketones (excluding diaryl/α,β-unsaturated/α-hetero) is 2. The first kappa shape index (κ1) is 17.9. The van der Waals surface area contributed by atoms with Crippen LogP contribution in [-0.2, 0) is 29.4 Å². The molecule has 3 aliphatic rings. The minimum atomic E-state index is -1.53. The smallest absolute Gasteiger partial charge is 0.336 e. The van der Waals surface area contributed by atoms with Crippen LogP contribution >= 0.6 is 0 Å². The lowest BCUT2D eigenvalue weighted by Gasteiger charge is -2.35. The van der Waals surface area contributed by atoms with Gasteiger partial charge >= 0.3 is 5.97 Å². The number of ketones is 2. The van der Waals surface area contributed by atoms with E-state index in [1.54, 1.807) is 24.3 Å². The van der Waals surface area contributed by atoms with Crippen molar-refractivity contribution in [2.24, 2.45) is 5.92 Å². The van der Waals surface area contributed by atoms with Gasteiger partial charge in [0.05, 0.1) is 0 Å². The van der Waals surface area contributed by atoms with E-state index in [9.17, 15) is 19.2 Å². The third-order valence-electron chi connectivity index (χ3n) is 6.17. The van der Waals surface area contributed by atoms with E-state index in [0.29, 0.717) is 37.7 Å². The van der Waals surface area contributed by atoms with Crippen LogP contribution in [0.1, 0.15) is 56.9 Å². The van der Waals surface area contributed by atoms with Crippen LogP contribution in [0.15, 0.2) is 30.3 Å². The highest BCUT2D eigenvalue weighted by Gasteiger charge is 2.64. The number of carbonyl (C=O) groups excluding carboxylic acids is 4. The van der Waals surface area contributed by atoms with Crippen molar-refractivity contribution in [1.82, 2.24) is 5.06 Å². The summed E-state index contributed by atoms with van der Waals surface area (Å²) in [6.45, 7) is 0. The second-order valence-electron chi connectivity index (χ2n) is 7.74. The second kappa shape index (κ2) is 6.91. The van der Waals surface area contributed by atoms with E-state index < -0.39 is 29.3 Å². The summed E-state index contributed by atoms with van der Waals surface area (Å²) >= 11 is 0. The Hall–Kier alpha value is -2.50. The number of hydroxylamine groups is 2. The number of nitrogens with zero attached hydrogens (tertiary/aromatic N) is 1. The van der Waals surface area contributed by atoms with Crippen molar-refractivity contribution >= 4 is 23.4 Å². The first-order valence-electron chi connectivity index (χ1n) is 9.71. The predicted molar refractivity (Wildman–Crippen MR) is 95.3 cm³/mol. The number of carbonyl (C=O) groups is 4. The fourth-order valence-corrected chi connectivity index (χ4v) is 4.80. The summed E-state index contributed by atoms with van der Waals surface area (Å²) in [5.74, 6) is -1.58. The van der Waals surface area contributed by atoms with E-state index in [1.165, 1.54) is 0 Å². The molecule has 6 nitrogen and oxygen atoms in total. The molecule has 0 radical (unpaired) electrons. The second-order valence-corrected chi connectivity index (χ2v) is 7.74. The summed E-state index contributed by atoms with van der Waals surface area (Å²) < 4.78 is 0. The standard InChI is InChI=1S/C21H23NO5/c23-16-10-6-9-15(13-16)21(14-7-2-1-3-8-14)19(25)22(27-20(21)26)17-11-4-5-12-18(17)24/h1-3,7-8,15,17H,4-6,9-13H2. The van der Waals surface area contributed by atoms with E-state index >= 15 is 0 Å². The van der Waals surface area contributed by atoms with Crippen LogP contribution in [0.3, 0.4) is 0 Å². The molecule has 27 heavy (non-hydrogen) atoms. The van der Waals surface area contributed by atoms with Gasteiger partial charge in [-0.05, 0) is 37.2 Å². The van der Waals surface area contributed by atoms with Gasteiger partial charge in [-0.2, -0.15) is 5.06 Å². The molecule has 1 aliphatic heterocycles. The first-order valence-corrected chi connectivity index (χ1v) is 9.71. The highest BCUT2D eigenvalue weighted by Crippen LogP contribution is 2.47. The number of hydrogen-bond acceptors (Lipinski definition) is 5. The fraction of sp³-hybridized carbons (Fsp3) is 0.524. The monoisotopic (exact) mass is 369 g/mol. The topological polar surface area (TPSA) is 80.8 Å². The third-order valence-corrected chi connectivity index (χ3v) is 6.17. The van der Waals surface area contributed by atoms with Crippen molar-refractivity contribution in [2.45, 2.75) is 62.8 Å². The normalized spacial score (nSPS) is 31.9. The van der Waals surface area contributed by atoms with Crippen molar-refractivity contribution in [3.05, 3.63) is 35.9 Å². The molecule has 3 fully saturated rings. The molecular formula is C21H23NO5. The molecule has 4 rings (SSSR count). The van der Waals surface area contributed by atoms with E-state index in [-0.39, 0.29) is 18.0 Å². The summed E-state index contributed by atoms with van der Waals surface area (Å²) in [6, 6.07) is 8.14. The zero-order valence-corrected chi connectivity index (χ0v) is 15.2. The van der Waals surface area contributed by atoms with Crippen LogP contribution < -0.4 is 0 Å². The van der Waals surface area contributed by atoms with Crippen LogP contribution in [0, 0.1) is 5.92 Å². The number of benzene rings is 1. The molecule has 1 amide bonds. The zero-order valence-electron chi connectivity index (χ0n) is 15.2. The Morgan fingerprint density at radius 2 is 1.70 bits per heavy atom. The van der Waals surface area contributed by atoms with Crippen LogP contribution in [-0.4, -0.2) is 34.5 Å². The lowest BCUT2D eigenvalue weighted by Crippen LogP contribution is -2.51. The summed E-state index contributed by atoms with van der Waals surface area (Å²) in [7, 11) is 0. The van der Waals surface area contributed by atoms with Crippen molar-refractivity contribution in [1.29, 1.82) is 0 Å². The largest absolute Gasteiger partial charge is 0.352 e. The molecule has 142 valence electrons. The van der Waals surface area contributed by atoms with Gasteiger partial charge in [0.25, 0.3) is 5.91 Å². The quantitative estimate of drug-likeness (QED) is 0.765. The summed E-state index contributed by atoms with van der Waals surface area (Å²) in [4.78, 5) is 56.7. The molecule has 1 aromatic rings. The molecule has 1 saturated heterocycles. The van der Waals surface area contributed by atoms with Gasteiger partial charge in [-0.1, -0.05) is 36.8 Å². The molecule has 0 N–H and O–H groups in total. The Kier molecular flexibility index (Phi) is 4.58. The maximum atomic E-state index is 13.6. The molecule has 0 spiro atoms. The van der Waals surface area contributed by atoms with Gasteiger partial charge in [0.15, 0.2) is 11.2 Å². The Morgan fingerprint density at radius 3 is 2.41 bits per heavy atom. The van der Waals surface area contributed by atoms with E-state index in [0.717, 1.165) is 17.9 Å². The SMILES string of the molecule is O=C1CCCC(C2(c3ccccc3)C(=O)ON(C3CCCCC3=O)C2=O)C1. The molecule has 1 heterocycles. The van der Waals surface area contributed by atoms with Gasteiger partial charge in [-0.3, -0.25) is 14.4 Å². The maximum Gasteiger partial charge on any atom is 0.352 e. The zero-order chi connectivity index (χ0) is 19.0. The average Bonchev–Trinajstić information content (AvgIpc) is 2.94. The van der Waals surface area contributed by atoms with Gasteiger partial charge in [-0.25, -0.2) is 4.79 Å².